The number of hydrogen-bond donors (Lipinski definition) is 1. The number of halogens is 1. The summed E-state index contributed by atoms with van der Waals surface area (Å²) in [6, 6.07) is 33.9. The van der Waals surface area contributed by atoms with Gasteiger partial charge in [-0.15, -0.1) is 0 Å². The first kappa shape index (κ1) is 27.4. The third-order valence-corrected chi connectivity index (χ3v) is 7.66. The molecule has 206 valence electrons. The fourth-order valence-electron chi connectivity index (χ4n) is 5.30. The number of nitrogens with zero attached hydrogens (tertiary/aromatic N) is 3. The summed E-state index contributed by atoms with van der Waals surface area (Å²) in [6.07, 6.45) is 0.347. The number of nitrogens with one attached hydrogen (secondary N) is 1. The van der Waals surface area contributed by atoms with Crippen molar-refractivity contribution >= 4 is 17.3 Å². The van der Waals surface area contributed by atoms with E-state index in [9.17, 15) is 9.18 Å². The first-order valence-corrected chi connectivity index (χ1v) is 13.9. The van der Waals surface area contributed by atoms with Gasteiger partial charge in [-0.25, -0.2) is 4.39 Å². The normalized spacial score (nSPS) is 14.5. The molecule has 1 saturated heterocycles. The molecule has 6 heteroatoms. The standard InChI is InChI=1S/C34H37FN4O/c1-37(2)31-16-12-29(13-17-31)33(39-22-20-38(21-23-39)32-18-14-30(35)15-19-32)25-36-34(40)24-26-8-10-28(11-9-26)27-6-4-3-5-7-27/h3-19,33H,20-25H2,1-2H3,(H,36,40). The molecular formula is C34H37FN4O. The van der Waals surface area contributed by atoms with Gasteiger partial charge in [0.1, 0.15) is 5.82 Å². The molecule has 4 aromatic rings. The third kappa shape index (κ3) is 6.88. The molecule has 0 radical (unpaired) electrons. The van der Waals surface area contributed by atoms with E-state index in [-0.39, 0.29) is 17.8 Å². The van der Waals surface area contributed by atoms with E-state index in [1.807, 2.05) is 56.6 Å². The van der Waals surface area contributed by atoms with Crippen molar-refractivity contribution in [2.45, 2.75) is 12.5 Å². The number of rotatable bonds is 9. The molecule has 1 unspecified atom stereocenters. The van der Waals surface area contributed by atoms with Gasteiger partial charge in [0.05, 0.1) is 12.5 Å². The number of anilines is 2. The van der Waals surface area contributed by atoms with Gasteiger partial charge >= 0.3 is 0 Å². The average Bonchev–Trinajstić information content (AvgIpc) is 2.99. The van der Waals surface area contributed by atoms with Gasteiger partial charge in [-0.05, 0) is 58.7 Å². The topological polar surface area (TPSA) is 38.8 Å². The molecule has 0 spiro atoms. The number of benzene rings is 4. The van der Waals surface area contributed by atoms with Crippen molar-refractivity contribution in [3.63, 3.8) is 0 Å². The van der Waals surface area contributed by atoms with E-state index in [1.54, 1.807) is 0 Å². The van der Waals surface area contributed by atoms with Crippen molar-refractivity contribution in [3.05, 3.63) is 120 Å². The van der Waals surface area contributed by atoms with Gasteiger partial charge < -0.3 is 15.1 Å². The van der Waals surface area contributed by atoms with Crippen molar-refractivity contribution in [2.24, 2.45) is 0 Å². The molecule has 4 aromatic carbocycles. The molecule has 40 heavy (non-hydrogen) atoms. The van der Waals surface area contributed by atoms with Crippen LogP contribution < -0.4 is 15.1 Å². The molecule has 1 amide bonds. The Kier molecular flexibility index (Phi) is 8.77. The second kappa shape index (κ2) is 12.8. The Hall–Kier alpha value is -4.16. The largest absolute Gasteiger partial charge is 0.378 e. The highest BCUT2D eigenvalue weighted by atomic mass is 19.1. The molecular weight excluding hydrogens is 499 g/mol. The Labute approximate surface area is 236 Å². The lowest BCUT2D eigenvalue weighted by atomic mass is 10.0. The molecule has 1 fully saturated rings. The highest BCUT2D eigenvalue weighted by molar-refractivity contribution is 5.79. The van der Waals surface area contributed by atoms with Crippen molar-refractivity contribution < 1.29 is 9.18 Å². The fraction of sp³-hybridized carbons (Fsp3) is 0.265. The van der Waals surface area contributed by atoms with Crippen LogP contribution in [0.5, 0.6) is 0 Å². The Bertz CT molecular complexity index is 1360. The number of carbonyl (C=O) groups is 1. The van der Waals surface area contributed by atoms with E-state index >= 15 is 0 Å². The summed E-state index contributed by atoms with van der Waals surface area (Å²) in [7, 11) is 4.07. The fourth-order valence-corrected chi connectivity index (χ4v) is 5.30. The summed E-state index contributed by atoms with van der Waals surface area (Å²) in [4.78, 5) is 19.8. The summed E-state index contributed by atoms with van der Waals surface area (Å²) < 4.78 is 13.4. The molecule has 0 aliphatic carbocycles. The molecule has 1 atom stereocenters. The first-order chi connectivity index (χ1) is 19.5. The molecule has 5 rings (SSSR count). The van der Waals surface area contributed by atoms with E-state index < -0.39 is 0 Å². The van der Waals surface area contributed by atoms with Crippen LogP contribution in [-0.4, -0.2) is 57.6 Å². The molecule has 1 aliphatic heterocycles. The summed E-state index contributed by atoms with van der Waals surface area (Å²) in [5, 5.41) is 3.21. The molecule has 1 N–H and O–H groups in total. The maximum atomic E-state index is 13.4. The summed E-state index contributed by atoms with van der Waals surface area (Å²) in [5.74, 6) is -0.196. The Morgan fingerprint density at radius 1 is 0.800 bits per heavy atom. The highest BCUT2D eigenvalue weighted by Gasteiger charge is 2.26. The molecule has 1 heterocycles. The monoisotopic (exact) mass is 536 g/mol. The van der Waals surface area contributed by atoms with Crippen LogP contribution >= 0.6 is 0 Å². The second-order valence-corrected chi connectivity index (χ2v) is 10.5. The molecule has 1 aliphatic rings. The van der Waals surface area contributed by atoms with Crippen molar-refractivity contribution in [1.82, 2.24) is 10.2 Å². The maximum absolute atomic E-state index is 13.4. The predicted octanol–water partition coefficient (Wildman–Crippen LogP) is 5.78. The average molecular weight is 537 g/mol. The van der Waals surface area contributed by atoms with E-state index in [1.165, 1.54) is 23.3 Å². The van der Waals surface area contributed by atoms with Gasteiger partial charge in [-0.1, -0.05) is 66.7 Å². The molecule has 0 aromatic heterocycles. The summed E-state index contributed by atoms with van der Waals surface area (Å²) >= 11 is 0. The SMILES string of the molecule is CN(C)c1ccc(C(CNC(=O)Cc2ccc(-c3ccccc3)cc2)N2CCN(c3ccc(F)cc3)CC2)cc1. The van der Waals surface area contributed by atoms with E-state index in [4.69, 9.17) is 0 Å². The van der Waals surface area contributed by atoms with E-state index in [0.717, 1.165) is 48.7 Å². The number of amides is 1. The van der Waals surface area contributed by atoms with Crippen LogP contribution in [0.15, 0.2) is 103 Å². The van der Waals surface area contributed by atoms with Crippen LogP contribution in [0.2, 0.25) is 0 Å². The molecule has 0 saturated carbocycles. The van der Waals surface area contributed by atoms with Crippen LogP contribution in [-0.2, 0) is 11.2 Å². The van der Waals surface area contributed by atoms with Crippen LogP contribution in [0.4, 0.5) is 15.8 Å². The number of piperazine rings is 1. The van der Waals surface area contributed by atoms with Crippen LogP contribution in [0.1, 0.15) is 17.2 Å². The zero-order chi connectivity index (χ0) is 27.9. The smallest absolute Gasteiger partial charge is 0.224 e. The summed E-state index contributed by atoms with van der Waals surface area (Å²) in [6.45, 7) is 3.95. The lowest BCUT2D eigenvalue weighted by Crippen LogP contribution is -2.50. The number of hydrogen-bond acceptors (Lipinski definition) is 4. The first-order valence-electron chi connectivity index (χ1n) is 13.9. The second-order valence-electron chi connectivity index (χ2n) is 10.5. The minimum absolute atomic E-state index is 0.0207. The molecule has 0 bridgehead atoms. The zero-order valence-electron chi connectivity index (χ0n) is 23.3. The Morgan fingerprint density at radius 3 is 2.05 bits per heavy atom. The quantitative estimate of drug-likeness (QED) is 0.294. The minimum Gasteiger partial charge on any atom is -0.378 e. The van der Waals surface area contributed by atoms with Gasteiger partial charge in [0.25, 0.3) is 0 Å². The van der Waals surface area contributed by atoms with Gasteiger partial charge in [0.15, 0.2) is 0 Å². The van der Waals surface area contributed by atoms with Crippen LogP contribution in [0.25, 0.3) is 11.1 Å². The van der Waals surface area contributed by atoms with Crippen LogP contribution in [0.3, 0.4) is 0 Å². The van der Waals surface area contributed by atoms with Crippen molar-refractivity contribution in [1.29, 1.82) is 0 Å². The third-order valence-electron chi connectivity index (χ3n) is 7.66. The number of carbonyl (C=O) groups excluding carboxylic acids is 1. The van der Waals surface area contributed by atoms with Gasteiger partial charge in [0, 0.05) is 58.2 Å². The van der Waals surface area contributed by atoms with Gasteiger partial charge in [-0.2, -0.15) is 0 Å². The minimum atomic E-state index is -0.216. The lowest BCUT2D eigenvalue weighted by molar-refractivity contribution is -0.120. The van der Waals surface area contributed by atoms with Gasteiger partial charge in [0.2, 0.25) is 5.91 Å². The van der Waals surface area contributed by atoms with E-state index in [0.29, 0.717) is 13.0 Å². The van der Waals surface area contributed by atoms with Crippen molar-refractivity contribution in [2.75, 3.05) is 56.6 Å². The lowest BCUT2D eigenvalue weighted by Gasteiger charge is -2.40. The van der Waals surface area contributed by atoms with Crippen molar-refractivity contribution in [3.8, 4) is 11.1 Å². The van der Waals surface area contributed by atoms with Gasteiger partial charge in [-0.3, -0.25) is 9.69 Å². The van der Waals surface area contributed by atoms with E-state index in [2.05, 4.69) is 68.5 Å². The zero-order valence-corrected chi connectivity index (χ0v) is 23.3. The highest BCUT2D eigenvalue weighted by Crippen LogP contribution is 2.26. The van der Waals surface area contributed by atoms with Crippen LogP contribution in [0, 0.1) is 5.82 Å². The maximum Gasteiger partial charge on any atom is 0.224 e. The molecule has 5 nitrogen and oxygen atoms in total. The summed E-state index contributed by atoms with van der Waals surface area (Å²) in [5.41, 5.74) is 6.68. The Balaban J connectivity index is 1.23. The Morgan fingerprint density at radius 2 is 1.43 bits per heavy atom. The predicted molar refractivity (Wildman–Crippen MR) is 162 cm³/mol.